The molecular formula is C65H107N3O48. The molecule has 28 N–H and O–H groups in total. The summed E-state index contributed by atoms with van der Waals surface area (Å²) < 4.78 is 107. The molecule has 51 heteroatoms. The smallest absolute Gasteiger partial charge is 0.364 e. The Morgan fingerprint density at radius 1 is 0.388 bits per heavy atom. The molecule has 9 heterocycles. The van der Waals surface area contributed by atoms with Gasteiger partial charge in [-0.2, -0.15) is 0 Å². The minimum Gasteiger partial charge on any atom is -0.477 e. The van der Waals surface area contributed by atoms with E-state index in [1.807, 2.05) is 0 Å². The summed E-state index contributed by atoms with van der Waals surface area (Å²) in [6.07, 6.45) is -90.0. The Morgan fingerprint density at radius 3 is 1.33 bits per heavy atom. The van der Waals surface area contributed by atoms with Crippen molar-refractivity contribution in [2.45, 2.75) is 330 Å². The van der Waals surface area contributed by atoms with E-state index < -0.39 is 364 Å². The molecule has 0 spiro atoms. The van der Waals surface area contributed by atoms with E-state index in [4.69, 9.17) is 85.3 Å². The molecule has 0 aromatic carbocycles. The SMILES string of the molecule is CC(=O)N[C@H]1[C@H](OC[C@H]2O[C@@H](O[C@H]3[C@H](O)[C@@H](O)C(O)O[C@@H]3CO)[C@H](O)[C@@H](O[C@@H]3O[C@H](CO)[C@@H](O[C@@H]4O[C@H](CO)[C@H](O)[C@H](O)[C@H]4O[C@@H]4O[C@@H](C)[C@@H](O)[C@@H](O)[C@@H]4O)[C@H](O[C@@H]4O[C@@H](C)[C@@H](O)[C@@H](O)[C@@H]4O)[C@H]3NC(C)=O)[C@H]2O)O[C@H](CO)[C@@H](O[C@@H]2O[C@H](CO)[C@H](O)[C@@H](O[C@]3(C(=O)O)C[C@H](OC(C)=O)[C@@H](NC(C)=O)[C@H]([C@H](O)[C@H](O)CO)O3)[C@H]2O)[C@@H]1O. The Labute approximate surface area is 656 Å². The van der Waals surface area contributed by atoms with Crippen LogP contribution in [-0.4, -0.2) is 485 Å². The minimum absolute atomic E-state index is 0.863. The molecule has 0 bridgehead atoms. The van der Waals surface area contributed by atoms with Crippen LogP contribution in [0, 0.1) is 0 Å². The standard InChI is InChI=1S/C65H107N3O48/c1-15-32(80)39(87)44(92)59(100-15)112-52-31(68-19(5)77)58(107-27(13-74)50(52)111-63-55(41(89)35(83)23(9-70)105-63)114-60-45(93)40(88)33(81)16(2)101-60)113-53-37(85)28(108-61(46(53)94)110-49-25(11-72)103-56(96)43(91)42(49)90)14-99-57-30(67-18(4)76)38(86)48(26(12-73)106-57)109-62-47(95)54(36(84)24(10-71)104-62)116-65(64(97)98)7-22(102-20(6)78)29(66-17(3)75)51(115-65)34(82)21(79)8-69/h15-16,21-63,69-74,79-96H,7-14H2,1-6H3,(H,66,75)(H,67,76)(H,68,77)(H,97,98)/t15-,16-,21+,22-,23+,24+,25+,26+,27+,28+,29+,30+,31+,32+,33+,34+,35-,36-,37-,38+,39+,40+,41-,42+,43+,44-,45-,46+,47+,48+,49+,50+,51+,52+,53-,54+,55+,56?,57+,58-,59-,60-,61-,62-,63-,65-/m0/s1. The number of hydrogen-bond donors (Lipinski definition) is 28. The number of hydrogen-bond acceptors (Lipinski definition) is 47. The Morgan fingerprint density at radius 2 is 0.802 bits per heavy atom. The third kappa shape index (κ3) is 20.8. The third-order valence-corrected chi connectivity index (χ3v) is 21.1. The Hall–Kier alpha value is -4.29. The molecular weight excluding hydrogens is 1590 g/mol. The number of amides is 3. The number of aliphatic carboxylic acids is 1. The second-order valence-corrected chi connectivity index (χ2v) is 29.4. The van der Waals surface area contributed by atoms with Gasteiger partial charge in [-0.1, -0.05) is 0 Å². The van der Waals surface area contributed by atoms with Crippen molar-refractivity contribution in [1.29, 1.82) is 0 Å². The average molecular weight is 1700 g/mol. The average Bonchev–Trinajstić information content (AvgIpc) is 0.753. The molecule has 9 aliphatic heterocycles. The van der Waals surface area contributed by atoms with Gasteiger partial charge in [0.1, 0.15) is 207 Å². The quantitative estimate of drug-likeness (QED) is 0.0297. The Kier molecular flexibility index (Phi) is 33.6. The molecule has 0 saturated carbocycles. The number of rotatable bonds is 30. The van der Waals surface area contributed by atoms with Gasteiger partial charge >= 0.3 is 11.9 Å². The maximum atomic E-state index is 13.6. The van der Waals surface area contributed by atoms with Gasteiger partial charge in [0.2, 0.25) is 17.7 Å². The highest BCUT2D eigenvalue weighted by Crippen LogP contribution is 2.43. The molecule has 9 saturated heterocycles. The molecule has 670 valence electrons. The van der Waals surface area contributed by atoms with Gasteiger partial charge in [0.05, 0.1) is 70.9 Å². The van der Waals surface area contributed by atoms with Crippen LogP contribution in [0.2, 0.25) is 0 Å². The number of aliphatic hydroxyl groups is 24. The van der Waals surface area contributed by atoms with Crippen LogP contribution >= 0.6 is 0 Å². The van der Waals surface area contributed by atoms with Crippen molar-refractivity contribution in [3.8, 4) is 0 Å². The van der Waals surface area contributed by atoms with Gasteiger partial charge in [-0.15, -0.1) is 0 Å². The largest absolute Gasteiger partial charge is 0.477 e. The first-order chi connectivity index (χ1) is 54.6. The fourth-order valence-corrected chi connectivity index (χ4v) is 15.0. The minimum atomic E-state index is -3.32. The van der Waals surface area contributed by atoms with Crippen LogP contribution in [0.4, 0.5) is 0 Å². The fourth-order valence-electron chi connectivity index (χ4n) is 15.0. The highest BCUT2D eigenvalue weighted by atomic mass is 16.8. The van der Waals surface area contributed by atoms with Crippen molar-refractivity contribution in [2.24, 2.45) is 0 Å². The van der Waals surface area contributed by atoms with Gasteiger partial charge < -0.3 is 229 Å². The molecule has 3 amide bonds. The van der Waals surface area contributed by atoms with Crippen molar-refractivity contribution >= 4 is 29.7 Å². The highest BCUT2D eigenvalue weighted by molar-refractivity contribution is 5.77. The van der Waals surface area contributed by atoms with E-state index in [0.717, 1.165) is 27.7 Å². The number of esters is 1. The molecule has 9 rings (SSSR count). The molecule has 9 fully saturated rings. The van der Waals surface area contributed by atoms with Crippen molar-refractivity contribution in [2.75, 3.05) is 46.2 Å². The fraction of sp³-hybridized carbons (Fsp3) is 0.923. The molecule has 46 atom stereocenters. The third-order valence-electron chi connectivity index (χ3n) is 21.1. The number of aliphatic hydroxyl groups excluding tert-OH is 24. The van der Waals surface area contributed by atoms with E-state index in [1.165, 1.54) is 13.8 Å². The van der Waals surface area contributed by atoms with Crippen LogP contribution in [0.15, 0.2) is 0 Å². The van der Waals surface area contributed by atoms with Crippen LogP contribution in [0.1, 0.15) is 48.0 Å². The van der Waals surface area contributed by atoms with Crippen molar-refractivity contribution < 1.29 is 237 Å². The van der Waals surface area contributed by atoms with Crippen molar-refractivity contribution in [3.05, 3.63) is 0 Å². The lowest BCUT2D eigenvalue weighted by atomic mass is 9.87. The van der Waals surface area contributed by atoms with Gasteiger partial charge in [0, 0.05) is 27.7 Å². The molecule has 0 aliphatic carbocycles. The van der Waals surface area contributed by atoms with Crippen LogP contribution in [0.3, 0.4) is 0 Å². The predicted molar refractivity (Wildman–Crippen MR) is 356 cm³/mol. The summed E-state index contributed by atoms with van der Waals surface area (Å²) in [5, 5.41) is 285. The summed E-state index contributed by atoms with van der Waals surface area (Å²) in [6.45, 7) is -2.19. The monoisotopic (exact) mass is 1700 g/mol. The van der Waals surface area contributed by atoms with Gasteiger partial charge in [0.25, 0.3) is 5.79 Å². The van der Waals surface area contributed by atoms with Crippen LogP contribution in [0.5, 0.6) is 0 Å². The molecule has 51 nitrogen and oxygen atoms in total. The maximum absolute atomic E-state index is 13.6. The molecule has 0 aromatic rings. The molecule has 116 heavy (non-hydrogen) atoms. The molecule has 1 unspecified atom stereocenters. The zero-order valence-corrected chi connectivity index (χ0v) is 62.7. The van der Waals surface area contributed by atoms with Crippen molar-refractivity contribution in [1.82, 2.24) is 16.0 Å². The molecule has 9 aliphatic rings. The number of ether oxygens (including phenoxy) is 18. The van der Waals surface area contributed by atoms with Crippen LogP contribution in [0.25, 0.3) is 0 Å². The predicted octanol–water partition coefficient (Wildman–Crippen LogP) is -18.4. The number of carbonyl (C=O) groups excluding carboxylic acids is 4. The number of carboxylic acid groups (broad SMARTS) is 1. The lowest BCUT2D eigenvalue weighted by Crippen LogP contribution is -2.71. The Bertz CT molecular complexity index is 3170. The summed E-state index contributed by atoms with van der Waals surface area (Å²) in [5.41, 5.74) is 0. The van der Waals surface area contributed by atoms with E-state index in [-0.39, 0.29) is 0 Å². The van der Waals surface area contributed by atoms with Gasteiger partial charge in [0.15, 0.2) is 50.3 Å². The summed E-state index contributed by atoms with van der Waals surface area (Å²) in [7, 11) is 0. The van der Waals surface area contributed by atoms with Gasteiger partial charge in [-0.3, -0.25) is 19.2 Å². The topological polar surface area (TPSA) is 793 Å². The zero-order valence-electron chi connectivity index (χ0n) is 62.7. The van der Waals surface area contributed by atoms with E-state index in [1.54, 1.807) is 0 Å². The number of carbonyl (C=O) groups is 5. The van der Waals surface area contributed by atoms with Gasteiger partial charge in [-0.05, 0) is 13.8 Å². The second-order valence-electron chi connectivity index (χ2n) is 29.4. The van der Waals surface area contributed by atoms with Crippen molar-refractivity contribution in [3.63, 3.8) is 0 Å². The summed E-state index contributed by atoms with van der Waals surface area (Å²) >= 11 is 0. The van der Waals surface area contributed by atoms with E-state index in [9.17, 15) is 152 Å². The first-order valence-corrected chi connectivity index (χ1v) is 36.9. The maximum Gasteiger partial charge on any atom is 0.364 e. The Balaban J connectivity index is 1.03. The zero-order chi connectivity index (χ0) is 85.9. The first kappa shape index (κ1) is 95.5. The lowest BCUT2D eigenvalue weighted by molar-refractivity contribution is -0.402. The lowest BCUT2D eigenvalue weighted by Gasteiger charge is -2.52. The van der Waals surface area contributed by atoms with Crippen LogP contribution in [-0.2, 0) is 109 Å². The van der Waals surface area contributed by atoms with Crippen LogP contribution < -0.4 is 16.0 Å². The summed E-state index contributed by atoms with van der Waals surface area (Å²) in [6, 6.07) is -5.80. The van der Waals surface area contributed by atoms with E-state index >= 15 is 0 Å². The van der Waals surface area contributed by atoms with Gasteiger partial charge in [-0.25, -0.2) is 4.79 Å². The first-order valence-electron chi connectivity index (χ1n) is 36.9. The molecule has 0 radical (unpaired) electrons. The highest BCUT2D eigenvalue weighted by Gasteiger charge is 2.64. The van der Waals surface area contributed by atoms with E-state index in [2.05, 4.69) is 16.0 Å². The summed E-state index contributed by atoms with van der Waals surface area (Å²) in [4.78, 5) is 65.2. The van der Waals surface area contributed by atoms with E-state index in [0.29, 0.717) is 0 Å². The molecule has 0 aromatic heterocycles. The normalized spacial score (nSPS) is 48.2. The summed E-state index contributed by atoms with van der Waals surface area (Å²) in [5.74, 6) is -9.50. The second kappa shape index (κ2) is 40.8. The number of carboxylic acids is 1. The number of nitrogens with one attached hydrogen (secondary N) is 3.